The standard InChI is InChI=1S/C27H25N10.BF4/c1-33(27-30-37(25-20-12-5-13-21-25)32-35(27)23-16-8-3-9-17-23)28-26-29-36(24-18-10-4-11-19-24)31-34(26)22-14-6-2-7-15-22;2-1(3,4)5/h2-21,32H,1H3,(H,28,29,31);/q+1;-1. The molecule has 42 heavy (non-hydrogen) atoms. The number of nitrogens with one attached hydrogen (secondary N) is 2. The van der Waals surface area contributed by atoms with Gasteiger partial charge in [0.05, 0.1) is 24.1 Å². The highest BCUT2D eigenvalue weighted by atomic mass is 19.5. The van der Waals surface area contributed by atoms with Gasteiger partial charge in [-0.15, -0.1) is 20.3 Å². The predicted octanol–water partition coefficient (Wildman–Crippen LogP) is 5.82. The average molecular weight is 576 g/mol. The van der Waals surface area contributed by atoms with E-state index in [9.17, 15) is 17.3 Å². The van der Waals surface area contributed by atoms with Gasteiger partial charge in [0.1, 0.15) is 5.69 Å². The van der Waals surface area contributed by atoms with Crippen LogP contribution in [0.3, 0.4) is 0 Å². The van der Waals surface area contributed by atoms with Gasteiger partial charge in [0, 0.05) is 5.10 Å². The van der Waals surface area contributed by atoms with Crippen LogP contribution in [0.2, 0.25) is 0 Å². The molecule has 214 valence electrons. The van der Waals surface area contributed by atoms with Crippen LogP contribution in [0.15, 0.2) is 137 Å². The number of benzene rings is 4. The smallest absolute Gasteiger partial charge is 0.418 e. The van der Waals surface area contributed by atoms with Crippen molar-refractivity contribution < 1.29 is 22.0 Å². The molecule has 2 aliphatic rings. The van der Waals surface area contributed by atoms with Crippen LogP contribution in [-0.4, -0.2) is 30.9 Å². The van der Waals surface area contributed by atoms with Crippen molar-refractivity contribution in [3.8, 4) is 0 Å². The van der Waals surface area contributed by atoms with E-state index in [1.165, 1.54) is 0 Å². The summed E-state index contributed by atoms with van der Waals surface area (Å²) in [5, 5.41) is 21.5. The Morgan fingerprint density at radius 2 is 0.929 bits per heavy atom. The van der Waals surface area contributed by atoms with E-state index in [2.05, 4.69) is 11.1 Å². The van der Waals surface area contributed by atoms with Gasteiger partial charge in [0.2, 0.25) is 0 Å². The number of hydrogen-bond acceptors (Lipinski definition) is 9. The van der Waals surface area contributed by atoms with Crippen molar-refractivity contribution in [3.05, 3.63) is 121 Å². The first-order valence-electron chi connectivity index (χ1n) is 12.7. The zero-order chi connectivity index (χ0) is 29.5. The maximum Gasteiger partial charge on any atom is 0.673 e. The van der Waals surface area contributed by atoms with Crippen molar-refractivity contribution in [1.82, 2.24) is 11.1 Å². The van der Waals surface area contributed by atoms with E-state index >= 15 is 0 Å². The Morgan fingerprint density at radius 1 is 0.571 bits per heavy atom. The fraction of sp³-hybridized carbons (Fsp3) is 0.0370. The number of anilines is 4. The van der Waals surface area contributed by atoms with E-state index in [0.717, 1.165) is 22.7 Å². The van der Waals surface area contributed by atoms with Crippen molar-refractivity contribution in [2.45, 2.75) is 0 Å². The third kappa shape index (κ3) is 7.07. The minimum absolute atomic E-state index is 0.450. The molecule has 4 aromatic carbocycles. The molecule has 15 heteroatoms. The summed E-state index contributed by atoms with van der Waals surface area (Å²) < 4.78 is 40.7. The van der Waals surface area contributed by atoms with Crippen molar-refractivity contribution in [3.63, 3.8) is 0 Å². The van der Waals surface area contributed by atoms with Crippen LogP contribution in [0.25, 0.3) is 0 Å². The van der Waals surface area contributed by atoms with Gasteiger partial charge >= 0.3 is 13.2 Å². The second kappa shape index (κ2) is 12.5. The van der Waals surface area contributed by atoms with Crippen LogP contribution in [0.4, 0.5) is 40.0 Å². The molecular weight excluding hydrogens is 551 g/mol. The molecule has 0 amide bonds. The highest BCUT2D eigenvalue weighted by Gasteiger charge is 2.38. The fourth-order valence-electron chi connectivity index (χ4n) is 3.91. The summed E-state index contributed by atoms with van der Waals surface area (Å²) in [6.07, 6.45) is 0. The Kier molecular flexibility index (Phi) is 8.41. The molecule has 0 spiro atoms. The molecule has 0 saturated heterocycles. The molecule has 10 nitrogen and oxygen atoms in total. The number of azo groups is 2. The highest BCUT2D eigenvalue weighted by molar-refractivity contribution is 6.50. The van der Waals surface area contributed by atoms with Crippen LogP contribution in [0, 0.1) is 0 Å². The Hall–Kier alpha value is -5.28. The van der Waals surface area contributed by atoms with Crippen molar-refractivity contribution >= 4 is 41.9 Å². The number of halogens is 4. The molecular formula is C27H25BF4N10. The van der Waals surface area contributed by atoms with Gasteiger partial charge in [0.25, 0.3) is 5.96 Å². The number of hydrazine groups is 4. The molecule has 2 heterocycles. The SMILES string of the molecule is C/[N+](=N\C1=NN(c2ccccc2)NN1c1ccccc1)C1=NN(c2ccccc2)NN1c1ccccc1.F[B-](F)(F)F. The summed E-state index contributed by atoms with van der Waals surface area (Å²) in [4.78, 5) is 0. The van der Waals surface area contributed by atoms with E-state index in [1.807, 2.05) is 138 Å². The first-order valence-corrected chi connectivity index (χ1v) is 12.7. The monoisotopic (exact) mass is 576 g/mol. The lowest BCUT2D eigenvalue weighted by atomic mass is 10.3. The maximum atomic E-state index is 9.75. The van der Waals surface area contributed by atoms with Crippen LogP contribution >= 0.6 is 0 Å². The third-order valence-electron chi connectivity index (χ3n) is 5.73. The molecule has 6 rings (SSSR count). The second-order valence-electron chi connectivity index (χ2n) is 8.76. The van der Waals surface area contributed by atoms with Crippen molar-refractivity contribution in [2.75, 3.05) is 27.3 Å². The third-order valence-corrected chi connectivity index (χ3v) is 5.73. The quantitative estimate of drug-likeness (QED) is 0.138. The molecule has 0 unspecified atom stereocenters. The lowest BCUT2D eigenvalue weighted by Gasteiger charge is -2.20. The Balaban J connectivity index is 0.000000652. The van der Waals surface area contributed by atoms with E-state index < -0.39 is 7.25 Å². The molecule has 0 atom stereocenters. The molecule has 2 aliphatic heterocycles. The van der Waals surface area contributed by atoms with Crippen LogP contribution in [0.5, 0.6) is 0 Å². The van der Waals surface area contributed by atoms with Gasteiger partial charge < -0.3 is 17.3 Å². The van der Waals surface area contributed by atoms with Gasteiger partial charge in [0.15, 0.2) is 0 Å². The molecule has 0 fully saturated rings. The summed E-state index contributed by atoms with van der Waals surface area (Å²) in [5.74, 6) is 1.02. The van der Waals surface area contributed by atoms with Gasteiger partial charge in [-0.3, -0.25) is 0 Å². The molecule has 4 aromatic rings. The van der Waals surface area contributed by atoms with E-state index in [1.54, 1.807) is 14.9 Å². The van der Waals surface area contributed by atoms with Crippen LogP contribution in [0.1, 0.15) is 0 Å². The van der Waals surface area contributed by atoms with E-state index in [0.29, 0.717) is 11.9 Å². The van der Waals surface area contributed by atoms with Crippen LogP contribution < -0.4 is 31.3 Å². The number of hydrogen-bond donors (Lipinski definition) is 2. The first-order chi connectivity index (χ1) is 20.3. The van der Waals surface area contributed by atoms with E-state index in [4.69, 9.17) is 15.3 Å². The first kappa shape index (κ1) is 28.3. The maximum absolute atomic E-state index is 9.75. The minimum Gasteiger partial charge on any atom is -0.418 e. The van der Waals surface area contributed by atoms with E-state index in [-0.39, 0.29) is 0 Å². The summed E-state index contributed by atoms with van der Waals surface area (Å²) >= 11 is 0. The van der Waals surface area contributed by atoms with Gasteiger partial charge in [-0.05, 0) is 48.5 Å². The molecule has 0 saturated carbocycles. The molecule has 0 radical (unpaired) electrons. The van der Waals surface area contributed by atoms with Crippen molar-refractivity contribution in [2.24, 2.45) is 15.3 Å². The second-order valence-corrected chi connectivity index (χ2v) is 8.76. The number of rotatable bonds is 4. The Bertz CT molecular complexity index is 1550. The van der Waals surface area contributed by atoms with Gasteiger partial charge in [-0.25, -0.2) is 5.01 Å². The summed E-state index contributed by atoms with van der Waals surface area (Å²) in [6, 6.07) is 39.6. The number of hydrazone groups is 2. The van der Waals surface area contributed by atoms with Crippen LogP contribution in [-0.2, 0) is 0 Å². The largest absolute Gasteiger partial charge is 0.673 e. The fourth-order valence-corrected chi connectivity index (χ4v) is 3.91. The zero-order valence-electron chi connectivity index (χ0n) is 22.2. The highest BCUT2D eigenvalue weighted by Crippen LogP contribution is 2.24. The minimum atomic E-state index is -6.00. The van der Waals surface area contributed by atoms with Gasteiger partial charge in [-0.2, -0.15) is 5.12 Å². The number of nitrogens with zero attached hydrogens (tertiary/aromatic N) is 8. The molecule has 0 aliphatic carbocycles. The molecule has 2 N–H and O–H groups in total. The summed E-state index contributed by atoms with van der Waals surface area (Å²) in [5.41, 5.74) is 10.2. The van der Waals surface area contributed by atoms with Crippen molar-refractivity contribution in [1.29, 1.82) is 0 Å². The predicted molar refractivity (Wildman–Crippen MR) is 156 cm³/mol. The molecule has 0 aromatic heterocycles. The Labute approximate surface area is 239 Å². The zero-order valence-corrected chi connectivity index (χ0v) is 22.2. The van der Waals surface area contributed by atoms with Gasteiger partial charge in [-0.1, -0.05) is 88.6 Å². The summed E-state index contributed by atoms with van der Waals surface area (Å²) in [7, 11) is -4.15. The topological polar surface area (TPSA) is 77.1 Å². The number of guanidine groups is 2. The normalized spacial score (nSPS) is 15.3. The average Bonchev–Trinajstić information content (AvgIpc) is 3.64. The number of para-hydroxylation sites is 4. The Morgan fingerprint density at radius 3 is 1.38 bits per heavy atom. The molecule has 0 bridgehead atoms. The lowest BCUT2D eigenvalue weighted by molar-refractivity contribution is -0.444. The lowest BCUT2D eigenvalue weighted by Crippen LogP contribution is -2.46. The summed E-state index contributed by atoms with van der Waals surface area (Å²) in [6.45, 7) is 0.